The second-order valence-corrected chi connectivity index (χ2v) is 5.26. The molecule has 92 valence electrons. The van der Waals surface area contributed by atoms with Crippen LogP contribution in [0, 0.1) is 5.92 Å². The molecule has 0 spiro atoms. The highest BCUT2D eigenvalue weighted by molar-refractivity contribution is 5.81. The third-order valence-electron chi connectivity index (χ3n) is 3.14. The minimum absolute atomic E-state index is 0.165. The molecule has 0 amide bonds. The molecule has 0 aliphatic carbocycles. The molecule has 0 aliphatic rings. The fraction of sp³-hybridized carbons (Fsp3) is 0.467. The Bertz CT molecular complexity index is 509. The zero-order valence-corrected chi connectivity index (χ0v) is 10.9. The number of furan rings is 1. The molecule has 1 aromatic heterocycles. The Morgan fingerprint density at radius 3 is 2.41 bits per heavy atom. The molecule has 0 saturated heterocycles. The van der Waals surface area contributed by atoms with Gasteiger partial charge in [-0.25, -0.2) is 0 Å². The molecule has 1 heterocycles. The molecule has 17 heavy (non-hydrogen) atoms. The van der Waals surface area contributed by atoms with Crippen LogP contribution in [0.1, 0.15) is 51.0 Å². The summed E-state index contributed by atoms with van der Waals surface area (Å²) < 4.78 is 5.83. The smallest absolute Gasteiger partial charge is 0.137 e. The van der Waals surface area contributed by atoms with E-state index in [9.17, 15) is 5.11 Å². The van der Waals surface area contributed by atoms with Gasteiger partial charge in [0.15, 0.2) is 0 Å². The number of rotatable bonds is 3. The fourth-order valence-corrected chi connectivity index (χ4v) is 2.03. The van der Waals surface area contributed by atoms with Gasteiger partial charge in [-0.1, -0.05) is 45.9 Å². The molecule has 0 saturated carbocycles. The van der Waals surface area contributed by atoms with Gasteiger partial charge in [0.2, 0.25) is 0 Å². The van der Waals surface area contributed by atoms with Crippen molar-refractivity contribution in [3.63, 3.8) is 0 Å². The molecule has 1 unspecified atom stereocenters. The van der Waals surface area contributed by atoms with Crippen LogP contribution in [0.25, 0.3) is 11.0 Å². The van der Waals surface area contributed by atoms with E-state index in [1.165, 1.54) is 5.56 Å². The van der Waals surface area contributed by atoms with Crippen molar-refractivity contribution < 1.29 is 9.52 Å². The molecule has 2 heteroatoms. The van der Waals surface area contributed by atoms with Crippen molar-refractivity contribution in [3.8, 4) is 0 Å². The standard InChI is InChI=1S/C15H20O2/c1-9(2)12-7-5-6-11-8-13(17-15(11)12)14(16)10(3)4/h5-10,14,16H,1-4H3. The Morgan fingerprint density at radius 1 is 1.12 bits per heavy atom. The number of benzene rings is 1. The van der Waals surface area contributed by atoms with Gasteiger partial charge in [-0.3, -0.25) is 0 Å². The molecule has 1 atom stereocenters. The average molecular weight is 232 g/mol. The van der Waals surface area contributed by atoms with Gasteiger partial charge in [0.1, 0.15) is 17.4 Å². The van der Waals surface area contributed by atoms with Crippen LogP contribution >= 0.6 is 0 Å². The van der Waals surface area contributed by atoms with E-state index in [0.29, 0.717) is 11.7 Å². The van der Waals surface area contributed by atoms with Crippen LogP contribution in [-0.2, 0) is 0 Å². The molecule has 0 aliphatic heterocycles. The molecule has 1 aromatic carbocycles. The second kappa shape index (κ2) is 4.53. The van der Waals surface area contributed by atoms with E-state index in [4.69, 9.17) is 4.42 Å². The number of aliphatic hydroxyl groups is 1. The van der Waals surface area contributed by atoms with Crippen molar-refractivity contribution >= 4 is 11.0 Å². The van der Waals surface area contributed by atoms with E-state index in [1.807, 2.05) is 32.0 Å². The Balaban J connectivity index is 2.54. The van der Waals surface area contributed by atoms with Gasteiger partial charge >= 0.3 is 0 Å². The summed E-state index contributed by atoms with van der Waals surface area (Å²) in [4.78, 5) is 0. The topological polar surface area (TPSA) is 33.4 Å². The van der Waals surface area contributed by atoms with Gasteiger partial charge in [0, 0.05) is 5.39 Å². The van der Waals surface area contributed by atoms with E-state index >= 15 is 0 Å². The number of fused-ring (bicyclic) bond motifs is 1. The molecule has 0 fully saturated rings. The van der Waals surface area contributed by atoms with Crippen molar-refractivity contribution in [2.24, 2.45) is 5.92 Å². The first-order valence-corrected chi connectivity index (χ1v) is 6.21. The summed E-state index contributed by atoms with van der Waals surface area (Å²) in [7, 11) is 0. The van der Waals surface area contributed by atoms with Crippen molar-refractivity contribution in [1.82, 2.24) is 0 Å². The van der Waals surface area contributed by atoms with Crippen LogP contribution in [-0.4, -0.2) is 5.11 Å². The van der Waals surface area contributed by atoms with Crippen LogP contribution in [0.15, 0.2) is 28.7 Å². The number of hydrogen-bond donors (Lipinski definition) is 1. The van der Waals surface area contributed by atoms with Crippen molar-refractivity contribution in [2.45, 2.75) is 39.7 Å². The average Bonchev–Trinajstić information content (AvgIpc) is 2.70. The van der Waals surface area contributed by atoms with Crippen LogP contribution in [0.3, 0.4) is 0 Å². The number of hydrogen-bond acceptors (Lipinski definition) is 2. The molecule has 2 rings (SSSR count). The summed E-state index contributed by atoms with van der Waals surface area (Å²) in [5.41, 5.74) is 2.11. The van der Waals surface area contributed by atoms with Gasteiger partial charge in [0.05, 0.1) is 0 Å². The molecule has 1 N–H and O–H groups in total. The lowest BCUT2D eigenvalue weighted by Crippen LogP contribution is -2.03. The van der Waals surface area contributed by atoms with Crippen LogP contribution in [0.5, 0.6) is 0 Å². The molecule has 2 aromatic rings. The summed E-state index contributed by atoms with van der Waals surface area (Å²) in [6.45, 7) is 8.27. The van der Waals surface area contributed by atoms with E-state index < -0.39 is 6.10 Å². The van der Waals surface area contributed by atoms with Crippen molar-refractivity contribution in [1.29, 1.82) is 0 Å². The van der Waals surface area contributed by atoms with Crippen LogP contribution < -0.4 is 0 Å². The predicted octanol–water partition coefficient (Wildman–Crippen LogP) is 4.25. The van der Waals surface area contributed by atoms with E-state index in [1.54, 1.807) is 0 Å². The lowest BCUT2D eigenvalue weighted by atomic mass is 10.0. The first-order valence-electron chi connectivity index (χ1n) is 6.21. The number of para-hydroxylation sites is 1. The minimum atomic E-state index is -0.526. The van der Waals surface area contributed by atoms with E-state index in [0.717, 1.165) is 11.0 Å². The van der Waals surface area contributed by atoms with E-state index in [2.05, 4.69) is 19.9 Å². The van der Waals surface area contributed by atoms with Gasteiger partial charge in [-0.05, 0) is 23.5 Å². The molecule has 0 radical (unpaired) electrons. The van der Waals surface area contributed by atoms with Crippen LogP contribution in [0.2, 0.25) is 0 Å². The minimum Gasteiger partial charge on any atom is -0.458 e. The zero-order chi connectivity index (χ0) is 12.6. The third kappa shape index (κ3) is 2.22. The summed E-state index contributed by atoms with van der Waals surface area (Å²) in [5.74, 6) is 1.26. The van der Waals surface area contributed by atoms with Crippen molar-refractivity contribution in [3.05, 3.63) is 35.6 Å². The summed E-state index contributed by atoms with van der Waals surface area (Å²) >= 11 is 0. The first kappa shape index (κ1) is 12.2. The van der Waals surface area contributed by atoms with Gasteiger partial charge in [0.25, 0.3) is 0 Å². The van der Waals surface area contributed by atoms with Gasteiger partial charge in [-0.2, -0.15) is 0 Å². The highest BCUT2D eigenvalue weighted by Gasteiger charge is 2.18. The van der Waals surface area contributed by atoms with Crippen LogP contribution in [0.4, 0.5) is 0 Å². The fourth-order valence-electron chi connectivity index (χ4n) is 2.03. The normalized spacial score (nSPS) is 13.8. The molecule has 2 nitrogen and oxygen atoms in total. The Labute approximate surface area is 102 Å². The first-order chi connectivity index (χ1) is 8.00. The SMILES string of the molecule is CC(C)c1cccc2cc(C(O)C(C)C)oc12. The Morgan fingerprint density at radius 2 is 1.82 bits per heavy atom. The molecule has 0 bridgehead atoms. The van der Waals surface area contributed by atoms with Gasteiger partial charge < -0.3 is 9.52 Å². The van der Waals surface area contributed by atoms with Gasteiger partial charge in [-0.15, -0.1) is 0 Å². The second-order valence-electron chi connectivity index (χ2n) is 5.26. The highest BCUT2D eigenvalue weighted by atomic mass is 16.4. The Kier molecular flexibility index (Phi) is 3.25. The quantitative estimate of drug-likeness (QED) is 0.858. The molecular weight excluding hydrogens is 212 g/mol. The molecular formula is C15H20O2. The maximum atomic E-state index is 10.0. The zero-order valence-electron chi connectivity index (χ0n) is 10.9. The predicted molar refractivity (Wildman–Crippen MR) is 70.1 cm³/mol. The highest BCUT2D eigenvalue weighted by Crippen LogP contribution is 2.32. The Hall–Kier alpha value is -1.28. The summed E-state index contributed by atoms with van der Waals surface area (Å²) in [5, 5.41) is 11.1. The number of aliphatic hydroxyl groups excluding tert-OH is 1. The largest absolute Gasteiger partial charge is 0.458 e. The summed E-state index contributed by atoms with van der Waals surface area (Å²) in [6, 6.07) is 8.11. The monoisotopic (exact) mass is 232 g/mol. The lowest BCUT2D eigenvalue weighted by molar-refractivity contribution is 0.104. The van der Waals surface area contributed by atoms with E-state index in [-0.39, 0.29) is 5.92 Å². The maximum Gasteiger partial charge on any atom is 0.137 e. The third-order valence-corrected chi connectivity index (χ3v) is 3.14. The lowest BCUT2D eigenvalue weighted by Gasteiger charge is -2.10. The maximum absolute atomic E-state index is 10.0. The summed E-state index contributed by atoms with van der Waals surface area (Å²) in [6.07, 6.45) is -0.526. The van der Waals surface area contributed by atoms with Crippen molar-refractivity contribution in [2.75, 3.05) is 0 Å².